The van der Waals surface area contributed by atoms with E-state index in [1.807, 2.05) is 0 Å². The van der Waals surface area contributed by atoms with E-state index in [2.05, 4.69) is 0 Å². The average molecular weight is 391 g/mol. The van der Waals surface area contributed by atoms with Crippen LogP contribution in [0.25, 0.3) is 0 Å². The Morgan fingerprint density at radius 3 is 2.43 bits per heavy atom. The Balaban J connectivity index is 1.74. The first-order chi connectivity index (χ1) is 13.5. The fourth-order valence-electron chi connectivity index (χ4n) is 4.17. The largest absolute Gasteiger partial charge is 0.286 e. The average Bonchev–Trinajstić information content (AvgIpc) is 3.38. The zero-order valence-electron chi connectivity index (χ0n) is 15.8. The summed E-state index contributed by atoms with van der Waals surface area (Å²) in [4.78, 5) is 36.9. The van der Waals surface area contributed by atoms with Crippen LogP contribution in [0.3, 0.4) is 0 Å². The van der Waals surface area contributed by atoms with E-state index in [1.54, 1.807) is 0 Å². The summed E-state index contributed by atoms with van der Waals surface area (Å²) in [6, 6.07) is 5.23. The van der Waals surface area contributed by atoms with Crippen LogP contribution in [-0.4, -0.2) is 58.1 Å². The van der Waals surface area contributed by atoms with Crippen molar-refractivity contribution >= 4 is 18.2 Å². The lowest BCUT2D eigenvalue weighted by Crippen LogP contribution is -2.49. The fourth-order valence-corrected chi connectivity index (χ4v) is 4.17. The minimum Gasteiger partial charge on any atom is -0.286 e. The van der Waals surface area contributed by atoms with Gasteiger partial charge in [0.1, 0.15) is 5.82 Å². The van der Waals surface area contributed by atoms with E-state index < -0.39 is 11.7 Å². The van der Waals surface area contributed by atoms with Crippen LogP contribution < -0.4 is 0 Å². The summed E-state index contributed by atoms with van der Waals surface area (Å²) in [5.74, 6) is -1.24. The Hall–Kier alpha value is -2.48. The summed E-state index contributed by atoms with van der Waals surface area (Å²) in [7, 11) is 0. The number of rotatable bonds is 7. The van der Waals surface area contributed by atoms with Crippen molar-refractivity contribution in [2.24, 2.45) is 11.8 Å². The predicted octanol–water partition coefficient (Wildman–Crippen LogP) is 2.46. The molecule has 7 nitrogen and oxygen atoms in total. The van der Waals surface area contributed by atoms with Gasteiger partial charge in [-0.1, -0.05) is 25.7 Å². The normalized spacial score (nSPS) is 18.4. The van der Waals surface area contributed by atoms with Crippen LogP contribution in [0.1, 0.15) is 48.9 Å². The Morgan fingerprint density at radius 2 is 1.79 bits per heavy atom. The van der Waals surface area contributed by atoms with Gasteiger partial charge in [0, 0.05) is 18.7 Å². The van der Waals surface area contributed by atoms with Gasteiger partial charge in [-0.2, -0.15) is 0 Å². The van der Waals surface area contributed by atoms with Gasteiger partial charge in [0.25, 0.3) is 5.91 Å². The third-order valence-electron chi connectivity index (χ3n) is 5.58. The van der Waals surface area contributed by atoms with Crippen LogP contribution in [0.5, 0.6) is 0 Å². The second-order valence-corrected chi connectivity index (χ2v) is 7.56. The molecule has 0 aromatic heterocycles. The lowest BCUT2D eigenvalue weighted by Gasteiger charge is -2.32. The van der Waals surface area contributed by atoms with Crippen LogP contribution in [0, 0.1) is 17.7 Å². The minimum absolute atomic E-state index is 0.0894. The van der Waals surface area contributed by atoms with Crippen molar-refractivity contribution in [2.75, 3.05) is 19.6 Å². The summed E-state index contributed by atoms with van der Waals surface area (Å²) in [5, 5.41) is 13.0. The van der Waals surface area contributed by atoms with Crippen LogP contribution >= 0.6 is 0 Å². The van der Waals surface area contributed by atoms with Gasteiger partial charge in [-0.3, -0.25) is 24.6 Å². The van der Waals surface area contributed by atoms with Gasteiger partial charge < -0.3 is 0 Å². The Kier molecular flexibility index (Phi) is 6.61. The second kappa shape index (κ2) is 9.14. The van der Waals surface area contributed by atoms with E-state index in [4.69, 9.17) is 0 Å². The van der Waals surface area contributed by atoms with Crippen molar-refractivity contribution in [3.05, 3.63) is 35.6 Å². The van der Waals surface area contributed by atoms with Crippen LogP contribution in [0.4, 0.5) is 4.39 Å². The second-order valence-electron chi connectivity index (χ2n) is 7.56. The summed E-state index contributed by atoms with van der Waals surface area (Å²) in [5.41, 5.74) is 0.310. The Labute approximate surface area is 163 Å². The van der Waals surface area contributed by atoms with Crippen molar-refractivity contribution in [3.63, 3.8) is 0 Å². The Bertz CT molecular complexity index is 706. The number of hydrogen-bond acceptors (Lipinski definition) is 4. The third kappa shape index (κ3) is 4.67. The molecule has 1 atom stereocenters. The zero-order valence-corrected chi connectivity index (χ0v) is 15.8. The highest BCUT2D eigenvalue weighted by Gasteiger charge is 2.37. The number of hydrazine groups is 1. The number of hydroxylamine groups is 2. The molecule has 1 aliphatic carbocycles. The zero-order chi connectivity index (χ0) is 20.1. The molecule has 0 spiro atoms. The molecule has 1 aliphatic heterocycles. The van der Waals surface area contributed by atoms with Gasteiger partial charge in [0.2, 0.25) is 12.3 Å². The number of halogens is 1. The lowest BCUT2D eigenvalue weighted by molar-refractivity contribution is -0.160. The highest BCUT2D eigenvalue weighted by molar-refractivity contribution is 5.95. The first-order valence-electron chi connectivity index (χ1n) is 9.79. The van der Waals surface area contributed by atoms with Gasteiger partial charge >= 0.3 is 0 Å². The SMILES string of the molecule is O=CN(O)C[C@@H](CC1CCCC1)C(=O)N1CCCN1C(=O)c1ccc(F)cc1. The van der Waals surface area contributed by atoms with Crippen molar-refractivity contribution < 1.29 is 24.0 Å². The van der Waals surface area contributed by atoms with E-state index in [0.29, 0.717) is 48.9 Å². The van der Waals surface area contributed by atoms with Crippen molar-refractivity contribution in [1.29, 1.82) is 0 Å². The summed E-state index contributed by atoms with van der Waals surface area (Å²) >= 11 is 0. The van der Waals surface area contributed by atoms with Gasteiger partial charge in [-0.05, 0) is 43.0 Å². The molecule has 1 heterocycles. The monoisotopic (exact) mass is 391 g/mol. The molecule has 1 N–H and O–H groups in total. The molecule has 8 heteroatoms. The van der Waals surface area contributed by atoms with E-state index in [0.717, 1.165) is 25.7 Å². The molecule has 3 amide bonds. The van der Waals surface area contributed by atoms with E-state index >= 15 is 0 Å². The van der Waals surface area contributed by atoms with Crippen LogP contribution in [0.2, 0.25) is 0 Å². The maximum atomic E-state index is 13.2. The van der Waals surface area contributed by atoms with Crippen molar-refractivity contribution in [2.45, 2.75) is 38.5 Å². The van der Waals surface area contributed by atoms with Gasteiger partial charge in [-0.15, -0.1) is 0 Å². The first kappa shape index (κ1) is 20.3. The molecule has 2 aliphatic rings. The predicted molar refractivity (Wildman–Crippen MR) is 98.4 cm³/mol. The fraction of sp³-hybridized carbons (Fsp3) is 0.550. The molecule has 28 heavy (non-hydrogen) atoms. The maximum absolute atomic E-state index is 13.2. The van der Waals surface area contributed by atoms with Gasteiger partial charge in [-0.25, -0.2) is 14.5 Å². The smallest absolute Gasteiger partial charge is 0.272 e. The Morgan fingerprint density at radius 1 is 1.14 bits per heavy atom. The molecule has 1 saturated carbocycles. The molecule has 0 unspecified atom stereocenters. The highest BCUT2D eigenvalue weighted by atomic mass is 19.1. The van der Waals surface area contributed by atoms with Gasteiger partial charge in [0.05, 0.1) is 12.5 Å². The molecule has 1 saturated heterocycles. The molecule has 0 radical (unpaired) electrons. The third-order valence-corrected chi connectivity index (χ3v) is 5.58. The number of hydrogen-bond donors (Lipinski definition) is 1. The lowest BCUT2D eigenvalue weighted by atomic mass is 9.92. The molecule has 1 aromatic rings. The quantitative estimate of drug-likeness (QED) is 0.440. The number of benzene rings is 1. The standard InChI is InChI=1S/C20H26FN3O4/c21-18-8-6-16(7-9-18)19(26)23-10-3-11-24(23)20(27)17(13-22(28)14-25)12-15-4-1-2-5-15/h6-9,14-15,17,28H,1-5,10-13H2/t17-/m1/s1. The first-order valence-corrected chi connectivity index (χ1v) is 9.79. The molecule has 152 valence electrons. The summed E-state index contributed by atoms with van der Waals surface area (Å²) < 4.78 is 13.1. The van der Waals surface area contributed by atoms with Crippen molar-refractivity contribution in [1.82, 2.24) is 15.1 Å². The minimum atomic E-state index is -0.570. The number of carbonyl (C=O) groups is 3. The summed E-state index contributed by atoms with van der Waals surface area (Å²) in [6.45, 7) is 0.710. The van der Waals surface area contributed by atoms with E-state index in [1.165, 1.54) is 34.3 Å². The number of nitrogens with zero attached hydrogens (tertiary/aromatic N) is 3. The molecule has 0 bridgehead atoms. The molecule has 3 rings (SSSR count). The van der Waals surface area contributed by atoms with Crippen molar-refractivity contribution in [3.8, 4) is 0 Å². The molecule has 1 aromatic carbocycles. The summed E-state index contributed by atoms with van der Waals surface area (Å²) in [6.07, 6.45) is 5.84. The van der Waals surface area contributed by atoms with E-state index in [-0.39, 0.29) is 18.4 Å². The number of carbonyl (C=O) groups excluding carboxylic acids is 3. The topological polar surface area (TPSA) is 81.2 Å². The molecular weight excluding hydrogens is 365 g/mol. The molecular formula is C20H26FN3O4. The highest BCUT2D eigenvalue weighted by Crippen LogP contribution is 2.32. The van der Waals surface area contributed by atoms with Crippen LogP contribution in [-0.2, 0) is 9.59 Å². The van der Waals surface area contributed by atoms with Crippen LogP contribution in [0.15, 0.2) is 24.3 Å². The number of amides is 3. The molecule has 2 fully saturated rings. The van der Waals surface area contributed by atoms with E-state index in [9.17, 15) is 24.0 Å². The van der Waals surface area contributed by atoms with Gasteiger partial charge in [0.15, 0.2) is 0 Å². The maximum Gasteiger partial charge on any atom is 0.272 e.